The van der Waals surface area contributed by atoms with E-state index in [0.29, 0.717) is 11.5 Å². The molecule has 21 heavy (non-hydrogen) atoms. The Morgan fingerprint density at radius 1 is 1.14 bits per heavy atom. The Balaban J connectivity index is 1.86. The number of oxazole rings is 1. The van der Waals surface area contributed by atoms with Crippen molar-refractivity contribution in [2.24, 2.45) is 0 Å². The quantitative estimate of drug-likeness (QED) is 0.563. The first-order valence-corrected chi connectivity index (χ1v) is 6.78. The first kappa shape index (κ1) is 12.0. The second kappa shape index (κ2) is 4.37. The van der Waals surface area contributed by atoms with Crippen LogP contribution in [-0.2, 0) is 0 Å². The number of benzene rings is 1. The van der Waals surface area contributed by atoms with Crippen LogP contribution in [0.2, 0.25) is 0 Å². The number of rotatable bonds is 2. The van der Waals surface area contributed by atoms with Crippen molar-refractivity contribution in [2.45, 2.75) is 19.9 Å². The summed E-state index contributed by atoms with van der Waals surface area (Å²) < 4.78 is 7.63. The highest BCUT2D eigenvalue weighted by atomic mass is 16.3. The summed E-state index contributed by atoms with van der Waals surface area (Å²) in [6, 6.07) is 8.02. The van der Waals surface area contributed by atoms with E-state index in [-0.39, 0.29) is 6.04 Å². The molecular weight excluding hydrogens is 266 g/mol. The van der Waals surface area contributed by atoms with E-state index in [9.17, 15) is 0 Å². The number of nitrogens with zero attached hydrogens (tertiary/aromatic N) is 5. The number of aromatic nitrogens is 5. The molecule has 0 saturated carbocycles. The van der Waals surface area contributed by atoms with Gasteiger partial charge in [-0.2, -0.15) is 0 Å². The van der Waals surface area contributed by atoms with Crippen LogP contribution in [0.5, 0.6) is 0 Å². The zero-order valence-electron chi connectivity index (χ0n) is 11.7. The van der Waals surface area contributed by atoms with Crippen molar-refractivity contribution >= 4 is 22.1 Å². The topological polar surface area (TPSA) is 69.6 Å². The lowest BCUT2D eigenvalue weighted by atomic mass is 10.2. The first-order chi connectivity index (χ1) is 10.2. The van der Waals surface area contributed by atoms with E-state index in [1.165, 1.54) is 0 Å². The Labute approximate surface area is 120 Å². The Bertz CT molecular complexity index is 904. The van der Waals surface area contributed by atoms with Crippen LogP contribution in [-0.4, -0.2) is 25.0 Å². The molecule has 104 valence electrons. The molecular formula is C15H13N5O. The van der Waals surface area contributed by atoms with Crippen LogP contribution >= 0.6 is 0 Å². The van der Waals surface area contributed by atoms with Crippen molar-refractivity contribution in [1.29, 1.82) is 0 Å². The highest BCUT2D eigenvalue weighted by Gasteiger charge is 2.12. The third kappa shape index (κ3) is 1.87. The SMILES string of the molecule is CC(C)n1nnc2cc(-c3nc4ccncc4o3)ccc21. The number of pyridine rings is 1. The van der Waals surface area contributed by atoms with Gasteiger partial charge in [0.15, 0.2) is 5.58 Å². The average molecular weight is 279 g/mol. The van der Waals surface area contributed by atoms with Crippen LogP contribution in [0.4, 0.5) is 0 Å². The number of fused-ring (bicyclic) bond motifs is 2. The molecule has 6 nitrogen and oxygen atoms in total. The maximum atomic E-state index is 5.73. The van der Waals surface area contributed by atoms with Gasteiger partial charge in [-0.1, -0.05) is 5.21 Å². The Morgan fingerprint density at radius 2 is 2.05 bits per heavy atom. The van der Waals surface area contributed by atoms with Gasteiger partial charge in [0.2, 0.25) is 5.89 Å². The van der Waals surface area contributed by atoms with Gasteiger partial charge in [-0.05, 0) is 38.1 Å². The molecule has 0 radical (unpaired) electrons. The predicted octanol–water partition coefficient (Wildman–Crippen LogP) is 3.22. The Hall–Kier alpha value is -2.76. The molecule has 3 heterocycles. The van der Waals surface area contributed by atoms with Crippen LogP contribution in [0.15, 0.2) is 41.1 Å². The summed E-state index contributed by atoms with van der Waals surface area (Å²) in [5, 5.41) is 8.39. The van der Waals surface area contributed by atoms with Crippen molar-refractivity contribution in [2.75, 3.05) is 0 Å². The second-order valence-corrected chi connectivity index (χ2v) is 5.19. The lowest BCUT2D eigenvalue weighted by Gasteiger charge is -2.04. The number of hydrogen-bond donors (Lipinski definition) is 0. The molecule has 0 amide bonds. The summed E-state index contributed by atoms with van der Waals surface area (Å²) in [5.41, 5.74) is 4.20. The van der Waals surface area contributed by atoms with Crippen molar-refractivity contribution in [1.82, 2.24) is 25.0 Å². The summed E-state index contributed by atoms with van der Waals surface area (Å²) in [4.78, 5) is 8.50. The molecule has 0 N–H and O–H groups in total. The summed E-state index contributed by atoms with van der Waals surface area (Å²) >= 11 is 0. The largest absolute Gasteiger partial charge is 0.434 e. The van der Waals surface area contributed by atoms with E-state index in [1.54, 1.807) is 12.4 Å². The zero-order chi connectivity index (χ0) is 14.4. The summed E-state index contributed by atoms with van der Waals surface area (Å²) in [6.07, 6.45) is 3.37. The molecule has 0 unspecified atom stereocenters. The summed E-state index contributed by atoms with van der Waals surface area (Å²) in [6.45, 7) is 4.16. The monoisotopic (exact) mass is 279 g/mol. The lowest BCUT2D eigenvalue weighted by Crippen LogP contribution is -2.02. The number of hydrogen-bond acceptors (Lipinski definition) is 5. The minimum atomic E-state index is 0.274. The molecule has 6 heteroatoms. The minimum Gasteiger partial charge on any atom is -0.434 e. The van der Waals surface area contributed by atoms with Crippen LogP contribution in [0.25, 0.3) is 33.6 Å². The van der Waals surface area contributed by atoms with Crippen molar-refractivity contribution < 1.29 is 4.42 Å². The van der Waals surface area contributed by atoms with Gasteiger partial charge in [-0.3, -0.25) is 4.98 Å². The Morgan fingerprint density at radius 3 is 2.86 bits per heavy atom. The minimum absolute atomic E-state index is 0.274. The van der Waals surface area contributed by atoms with E-state index in [4.69, 9.17) is 4.42 Å². The summed E-state index contributed by atoms with van der Waals surface area (Å²) in [7, 11) is 0. The lowest BCUT2D eigenvalue weighted by molar-refractivity contribution is 0.530. The van der Waals surface area contributed by atoms with Crippen molar-refractivity contribution in [3.8, 4) is 11.5 Å². The van der Waals surface area contributed by atoms with E-state index >= 15 is 0 Å². The molecule has 1 aromatic carbocycles. The van der Waals surface area contributed by atoms with Gasteiger partial charge in [0, 0.05) is 17.8 Å². The predicted molar refractivity (Wildman–Crippen MR) is 78.7 cm³/mol. The van der Waals surface area contributed by atoms with Gasteiger partial charge in [0.05, 0.1) is 11.7 Å². The smallest absolute Gasteiger partial charge is 0.227 e. The normalized spacial score (nSPS) is 11.8. The van der Waals surface area contributed by atoms with Gasteiger partial charge in [-0.15, -0.1) is 5.10 Å². The molecule has 0 saturated heterocycles. The fourth-order valence-corrected chi connectivity index (χ4v) is 2.36. The fourth-order valence-electron chi connectivity index (χ4n) is 2.36. The highest BCUT2D eigenvalue weighted by Crippen LogP contribution is 2.26. The van der Waals surface area contributed by atoms with Gasteiger partial charge in [0.25, 0.3) is 0 Å². The molecule has 4 rings (SSSR count). The van der Waals surface area contributed by atoms with Gasteiger partial charge < -0.3 is 4.42 Å². The molecule has 3 aromatic heterocycles. The maximum Gasteiger partial charge on any atom is 0.227 e. The average Bonchev–Trinajstić information content (AvgIpc) is 3.10. The van der Waals surface area contributed by atoms with E-state index in [2.05, 4.69) is 34.1 Å². The van der Waals surface area contributed by atoms with E-state index in [0.717, 1.165) is 22.1 Å². The molecule has 0 atom stereocenters. The first-order valence-electron chi connectivity index (χ1n) is 6.78. The van der Waals surface area contributed by atoms with Gasteiger partial charge >= 0.3 is 0 Å². The molecule has 0 bridgehead atoms. The van der Waals surface area contributed by atoms with Crippen molar-refractivity contribution in [3.63, 3.8) is 0 Å². The van der Waals surface area contributed by atoms with Gasteiger partial charge in [0.1, 0.15) is 11.0 Å². The molecule has 4 aromatic rings. The third-order valence-corrected chi connectivity index (χ3v) is 3.40. The van der Waals surface area contributed by atoms with Crippen LogP contribution < -0.4 is 0 Å². The fraction of sp³-hybridized carbons (Fsp3) is 0.200. The molecule has 0 aliphatic carbocycles. The third-order valence-electron chi connectivity index (χ3n) is 3.40. The molecule has 0 fully saturated rings. The van der Waals surface area contributed by atoms with Gasteiger partial charge in [-0.25, -0.2) is 9.67 Å². The molecule has 0 aliphatic rings. The van der Waals surface area contributed by atoms with Crippen LogP contribution in [0, 0.1) is 0 Å². The second-order valence-electron chi connectivity index (χ2n) is 5.19. The zero-order valence-corrected chi connectivity index (χ0v) is 11.7. The molecule has 0 aliphatic heterocycles. The van der Waals surface area contributed by atoms with Crippen LogP contribution in [0.1, 0.15) is 19.9 Å². The highest BCUT2D eigenvalue weighted by molar-refractivity contribution is 5.81. The van der Waals surface area contributed by atoms with E-state index in [1.807, 2.05) is 28.9 Å². The Kier molecular flexibility index (Phi) is 2.50. The molecule has 0 spiro atoms. The standard InChI is InChI=1S/C15H13N5O/c1-9(2)20-13-4-3-10(7-12(13)18-19-20)15-17-11-5-6-16-8-14(11)21-15/h3-9H,1-2H3. The van der Waals surface area contributed by atoms with Crippen LogP contribution in [0.3, 0.4) is 0 Å². The summed E-state index contributed by atoms with van der Waals surface area (Å²) in [5.74, 6) is 0.569. The van der Waals surface area contributed by atoms with Crippen molar-refractivity contribution in [3.05, 3.63) is 36.7 Å². The van der Waals surface area contributed by atoms with E-state index < -0.39 is 0 Å². The maximum absolute atomic E-state index is 5.73.